The first kappa shape index (κ1) is 19.1. The number of carbonyl (C=O) groups excluding carboxylic acids is 1. The molecule has 1 aromatic heterocycles. The molecule has 1 amide bonds. The van der Waals surface area contributed by atoms with Gasteiger partial charge in [0.05, 0.1) is 12.7 Å². The molecule has 0 aliphatic rings. The molecule has 0 radical (unpaired) electrons. The van der Waals surface area contributed by atoms with Gasteiger partial charge in [0.1, 0.15) is 11.6 Å². The Hall–Kier alpha value is -2.65. The van der Waals surface area contributed by atoms with Gasteiger partial charge in [0.15, 0.2) is 5.11 Å². The summed E-state index contributed by atoms with van der Waals surface area (Å²) in [4.78, 5) is 12.7. The summed E-state index contributed by atoms with van der Waals surface area (Å²) >= 11 is 6.81. The Morgan fingerprint density at radius 1 is 1.26 bits per heavy atom. The number of fused-ring (bicyclic) bond motifs is 1. The molecule has 140 valence electrons. The fourth-order valence-corrected chi connectivity index (χ4v) is 3.41. The Balaban J connectivity index is 1.80. The second-order valence-corrected chi connectivity index (χ2v) is 7.23. The zero-order valence-corrected chi connectivity index (χ0v) is 16.8. The number of benzene rings is 2. The van der Waals surface area contributed by atoms with Crippen molar-refractivity contribution in [1.82, 2.24) is 20.2 Å². The van der Waals surface area contributed by atoms with Crippen LogP contribution in [-0.4, -0.2) is 38.8 Å². The molecular formula is C18H19N5O2S2. The third-order valence-electron chi connectivity index (χ3n) is 3.82. The number of aromatic nitrogens is 3. The first-order valence-corrected chi connectivity index (χ1v) is 9.66. The van der Waals surface area contributed by atoms with Gasteiger partial charge in [-0.2, -0.15) is 0 Å². The highest BCUT2D eigenvalue weighted by molar-refractivity contribution is 7.99. The molecule has 0 unspecified atom stereocenters. The molecule has 0 saturated carbocycles. The Morgan fingerprint density at radius 2 is 1.96 bits per heavy atom. The van der Waals surface area contributed by atoms with Crippen molar-refractivity contribution in [2.24, 2.45) is 0 Å². The van der Waals surface area contributed by atoms with Gasteiger partial charge in [0.2, 0.25) is 5.16 Å². The summed E-state index contributed by atoms with van der Waals surface area (Å²) in [7, 11) is 1.53. The third-order valence-corrected chi connectivity index (χ3v) is 4.83. The second-order valence-electron chi connectivity index (χ2n) is 5.59. The molecule has 9 heteroatoms. The number of methoxy groups -OCH3 is 1. The molecule has 27 heavy (non-hydrogen) atoms. The monoisotopic (exact) mass is 401 g/mol. The largest absolute Gasteiger partial charge is 0.496 e. The number of aryl methyl sites for hydroxylation is 1. The van der Waals surface area contributed by atoms with Crippen LogP contribution in [-0.2, 0) is 0 Å². The number of ether oxygens (including phenoxy) is 1. The number of nitrogens with one attached hydrogen (secondary N) is 2. The van der Waals surface area contributed by atoms with Crippen LogP contribution in [0, 0.1) is 6.92 Å². The summed E-state index contributed by atoms with van der Waals surface area (Å²) in [6.07, 6.45) is 0. The molecule has 0 aliphatic heterocycles. The summed E-state index contributed by atoms with van der Waals surface area (Å²) in [5.41, 5.74) is 3.35. The van der Waals surface area contributed by atoms with Crippen LogP contribution in [0.4, 0.5) is 0 Å². The molecule has 3 rings (SSSR count). The zero-order valence-electron chi connectivity index (χ0n) is 15.1. The van der Waals surface area contributed by atoms with E-state index < -0.39 is 0 Å². The first-order chi connectivity index (χ1) is 13.0. The molecule has 2 N–H and O–H groups in total. The zero-order chi connectivity index (χ0) is 19.4. The Labute approximate surface area is 166 Å². The van der Waals surface area contributed by atoms with Gasteiger partial charge in [-0.1, -0.05) is 43.0 Å². The molecule has 0 aliphatic carbocycles. The van der Waals surface area contributed by atoms with Crippen LogP contribution < -0.4 is 15.5 Å². The van der Waals surface area contributed by atoms with Crippen LogP contribution in [0.1, 0.15) is 23.1 Å². The molecule has 0 spiro atoms. The van der Waals surface area contributed by atoms with Gasteiger partial charge in [-0.3, -0.25) is 15.5 Å². The average molecular weight is 402 g/mol. The number of carbonyl (C=O) groups is 1. The van der Waals surface area contributed by atoms with E-state index in [1.807, 2.05) is 37.3 Å². The maximum Gasteiger partial charge on any atom is 0.261 e. The predicted molar refractivity (Wildman–Crippen MR) is 111 cm³/mol. The molecule has 7 nitrogen and oxygen atoms in total. The number of nitrogens with zero attached hydrogens (tertiary/aromatic N) is 3. The van der Waals surface area contributed by atoms with Crippen LogP contribution in [0.5, 0.6) is 5.75 Å². The van der Waals surface area contributed by atoms with E-state index in [1.54, 1.807) is 17.7 Å². The van der Waals surface area contributed by atoms with Gasteiger partial charge in [0.25, 0.3) is 5.91 Å². The molecule has 3 aromatic rings. The van der Waals surface area contributed by atoms with Crippen LogP contribution >= 0.6 is 24.0 Å². The molecule has 0 saturated heterocycles. The maximum atomic E-state index is 12.7. The quantitative estimate of drug-likeness (QED) is 0.502. The highest BCUT2D eigenvalue weighted by Gasteiger charge is 2.16. The molecule has 0 atom stereocenters. The standard InChI is InChI=1S/C18H19N5O2S2/c1-4-27-18-21-20-11(2)23(18)22-17(26)19-16(24)14-9-12-7-5-6-8-13(12)10-15(14)25-3/h5-10H,4H2,1-3H3,(H2,19,22,24,26). The molecule has 1 heterocycles. The van der Waals surface area contributed by atoms with Crippen molar-refractivity contribution >= 4 is 45.8 Å². The van der Waals surface area contributed by atoms with E-state index in [9.17, 15) is 4.79 Å². The fourth-order valence-electron chi connectivity index (χ4n) is 2.56. The number of hydrogen-bond acceptors (Lipinski definition) is 6. The fraction of sp³-hybridized carbons (Fsp3) is 0.222. The summed E-state index contributed by atoms with van der Waals surface area (Å²) in [6.45, 7) is 3.82. The normalized spacial score (nSPS) is 10.6. The highest BCUT2D eigenvalue weighted by atomic mass is 32.2. The average Bonchev–Trinajstić information content (AvgIpc) is 3.00. The Kier molecular flexibility index (Phi) is 5.92. The predicted octanol–water partition coefficient (Wildman–Crippen LogP) is 3.12. The van der Waals surface area contributed by atoms with Gasteiger partial charge >= 0.3 is 0 Å². The van der Waals surface area contributed by atoms with E-state index in [2.05, 4.69) is 20.9 Å². The highest BCUT2D eigenvalue weighted by Crippen LogP contribution is 2.25. The second kappa shape index (κ2) is 8.36. The molecule has 2 aromatic carbocycles. The van der Waals surface area contributed by atoms with Gasteiger partial charge in [-0.05, 0) is 47.8 Å². The third kappa shape index (κ3) is 4.20. The van der Waals surface area contributed by atoms with Crippen LogP contribution in [0.3, 0.4) is 0 Å². The number of hydrogen-bond donors (Lipinski definition) is 2. The topological polar surface area (TPSA) is 81.1 Å². The van der Waals surface area contributed by atoms with Crippen molar-refractivity contribution in [3.63, 3.8) is 0 Å². The maximum absolute atomic E-state index is 12.7. The smallest absolute Gasteiger partial charge is 0.261 e. The number of thioether (sulfide) groups is 1. The summed E-state index contributed by atoms with van der Waals surface area (Å²) < 4.78 is 7.03. The van der Waals surface area contributed by atoms with Crippen LogP contribution in [0.2, 0.25) is 0 Å². The van der Waals surface area contributed by atoms with E-state index in [0.29, 0.717) is 22.3 Å². The SMILES string of the molecule is CCSc1nnc(C)n1NC(=S)NC(=O)c1cc2ccccc2cc1OC. The number of rotatable bonds is 5. The van der Waals surface area contributed by atoms with Crippen molar-refractivity contribution in [3.05, 3.63) is 47.8 Å². The molecule has 0 fully saturated rings. The lowest BCUT2D eigenvalue weighted by molar-refractivity contribution is 0.0974. The lowest BCUT2D eigenvalue weighted by Crippen LogP contribution is -2.38. The van der Waals surface area contributed by atoms with E-state index in [4.69, 9.17) is 17.0 Å². The first-order valence-electron chi connectivity index (χ1n) is 8.27. The van der Waals surface area contributed by atoms with Gasteiger partial charge in [-0.15, -0.1) is 10.2 Å². The van der Waals surface area contributed by atoms with Crippen molar-refractivity contribution in [3.8, 4) is 5.75 Å². The van der Waals surface area contributed by atoms with Gasteiger partial charge in [-0.25, -0.2) is 4.68 Å². The number of thiocarbonyl (C=S) groups is 1. The molecule has 0 bridgehead atoms. The van der Waals surface area contributed by atoms with E-state index in [-0.39, 0.29) is 11.0 Å². The number of amides is 1. The Bertz CT molecular complexity index is 1000. The lowest BCUT2D eigenvalue weighted by Gasteiger charge is -2.14. The molecular weight excluding hydrogens is 382 g/mol. The summed E-state index contributed by atoms with van der Waals surface area (Å²) in [5.74, 6) is 1.61. The lowest BCUT2D eigenvalue weighted by atomic mass is 10.1. The van der Waals surface area contributed by atoms with Crippen molar-refractivity contribution in [2.45, 2.75) is 19.0 Å². The van der Waals surface area contributed by atoms with Crippen LogP contribution in [0.15, 0.2) is 41.6 Å². The van der Waals surface area contributed by atoms with E-state index >= 15 is 0 Å². The minimum atomic E-state index is -0.356. The van der Waals surface area contributed by atoms with Gasteiger partial charge < -0.3 is 4.74 Å². The minimum absolute atomic E-state index is 0.149. The van der Waals surface area contributed by atoms with Crippen LogP contribution in [0.25, 0.3) is 10.8 Å². The minimum Gasteiger partial charge on any atom is -0.496 e. The van der Waals surface area contributed by atoms with Crippen molar-refractivity contribution < 1.29 is 9.53 Å². The van der Waals surface area contributed by atoms with E-state index in [1.165, 1.54) is 18.9 Å². The van der Waals surface area contributed by atoms with Gasteiger partial charge in [0, 0.05) is 0 Å². The van der Waals surface area contributed by atoms with E-state index in [0.717, 1.165) is 16.5 Å². The Morgan fingerprint density at radius 3 is 2.63 bits per heavy atom. The van der Waals surface area contributed by atoms with Crippen molar-refractivity contribution in [2.75, 3.05) is 18.3 Å². The summed E-state index contributed by atoms with van der Waals surface area (Å²) in [6, 6.07) is 11.4. The van der Waals surface area contributed by atoms with Crippen molar-refractivity contribution in [1.29, 1.82) is 0 Å². The summed E-state index contributed by atoms with van der Waals surface area (Å²) in [5, 5.41) is 13.6.